The number of carboxylic acid groups (broad SMARTS) is 1. The van der Waals surface area contributed by atoms with E-state index in [1.54, 1.807) is 18.2 Å². The van der Waals surface area contributed by atoms with E-state index in [4.69, 9.17) is 28.3 Å². The third kappa shape index (κ3) is 3.87. The molecule has 0 atom stereocenters. The Morgan fingerprint density at radius 2 is 1.67 bits per heavy atom. The van der Waals surface area contributed by atoms with Crippen molar-refractivity contribution >= 4 is 34.7 Å². The molecule has 0 radical (unpaired) electrons. The molecule has 0 bridgehead atoms. The van der Waals surface area contributed by atoms with Crippen LogP contribution in [0.1, 0.15) is 23.6 Å². The summed E-state index contributed by atoms with van der Waals surface area (Å²) in [6.07, 6.45) is 2.12. The number of rotatable bonds is 4. The van der Waals surface area contributed by atoms with Crippen molar-refractivity contribution in [2.45, 2.75) is 13.3 Å². The molecule has 1 N–H and O–H groups in total. The monoisotopic (exact) mass is 320 g/mol. The Labute approximate surface area is 133 Å². The van der Waals surface area contributed by atoms with Crippen molar-refractivity contribution in [2.24, 2.45) is 0 Å². The standard InChI is InChI=1S/C17H14Cl2O2/c1-2-11-3-5-12(6-4-11)14(10-17(20)21)13-7-8-15(18)16(19)9-13/h3-10H,2H2,1H3,(H,20,21)/b14-10+. The van der Waals surface area contributed by atoms with Crippen molar-refractivity contribution in [1.29, 1.82) is 0 Å². The largest absolute Gasteiger partial charge is 0.478 e. The lowest BCUT2D eigenvalue weighted by molar-refractivity contribution is -0.131. The molecule has 0 saturated carbocycles. The Morgan fingerprint density at radius 1 is 1.05 bits per heavy atom. The zero-order valence-corrected chi connectivity index (χ0v) is 12.9. The summed E-state index contributed by atoms with van der Waals surface area (Å²) in [5, 5.41) is 9.94. The van der Waals surface area contributed by atoms with Gasteiger partial charge in [-0.3, -0.25) is 0 Å². The average Bonchev–Trinajstić information content (AvgIpc) is 2.48. The highest BCUT2D eigenvalue weighted by Crippen LogP contribution is 2.29. The van der Waals surface area contributed by atoms with Crippen molar-refractivity contribution < 1.29 is 9.90 Å². The van der Waals surface area contributed by atoms with E-state index in [0.29, 0.717) is 15.6 Å². The smallest absolute Gasteiger partial charge is 0.328 e. The van der Waals surface area contributed by atoms with Crippen molar-refractivity contribution in [3.05, 3.63) is 75.3 Å². The van der Waals surface area contributed by atoms with Crippen LogP contribution in [-0.4, -0.2) is 11.1 Å². The van der Waals surface area contributed by atoms with Crippen LogP contribution in [0.5, 0.6) is 0 Å². The highest BCUT2D eigenvalue weighted by molar-refractivity contribution is 6.42. The van der Waals surface area contributed by atoms with Crippen LogP contribution in [0.15, 0.2) is 48.5 Å². The number of halogens is 2. The second-order valence-electron chi connectivity index (χ2n) is 4.58. The van der Waals surface area contributed by atoms with Gasteiger partial charge in [0.05, 0.1) is 10.0 Å². The fourth-order valence-corrected chi connectivity index (χ4v) is 2.34. The van der Waals surface area contributed by atoms with Gasteiger partial charge in [-0.05, 0) is 40.8 Å². The summed E-state index contributed by atoms with van der Waals surface area (Å²) in [4.78, 5) is 11.1. The van der Waals surface area contributed by atoms with Crippen LogP contribution >= 0.6 is 23.2 Å². The maximum Gasteiger partial charge on any atom is 0.328 e. The van der Waals surface area contributed by atoms with Crippen LogP contribution in [-0.2, 0) is 11.2 Å². The molecule has 0 unspecified atom stereocenters. The second kappa shape index (κ2) is 6.79. The molecule has 0 aliphatic rings. The first-order valence-electron chi connectivity index (χ1n) is 6.50. The molecule has 0 aliphatic heterocycles. The van der Waals surface area contributed by atoms with Gasteiger partial charge in [0, 0.05) is 6.08 Å². The average molecular weight is 321 g/mol. The van der Waals surface area contributed by atoms with Crippen LogP contribution in [0, 0.1) is 0 Å². The number of aliphatic carboxylic acids is 1. The minimum absolute atomic E-state index is 0.399. The second-order valence-corrected chi connectivity index (χ2v) is 5.39. The number of benzene rings is 2. The third-order valence-electron chi connectivity index (χ3n) is 3.17. The summed E-state index contributed by atoms with van der Waals surface area (Å²) in [5.74, 6) is -1.00. The molecule has 4 heteroatoms. The fourth-order valence-electron chi connectivity index (χ4n) is 2.04. The highest BCUT2D eigenvalue weighted by Gasteiger charge is 2.09. The van der Waals surface area contributed by atoms with E-state index in [1.807, 2.05) is 24.3 Å². The van der Waals surface area contributed by atoms with E-state index in [2.05, 4.69) is 6.92 Å². The molecular weight excluding hydrogens is 307 g/mol. The molecule has 0 aliphatic carbocycles. The molecule has 0 aromatic heterocycles. The summed E-state index contributed by atoms with van der Waals surface area (Å²) in [6, 6.07) is 12.9. The first kappa shape index (κ1) is 15.6. The lowest BCUT2D eigenvalue weighted by atomic mass is 9.96. The topological polar surface area (TPSA) is 37.3 Å². The molecule has 2 rings (SSSR count). The van der Waals surface area contributed by atoms with Gasteiger partial charge < -0.3 is 5.11 Å². The van der Waals surface area contributed by atoms with E-state index in [1.165, 1.54) is 11.6 Å². The number of hydrogen-bond acceptors (Lipinski definition) is 1. The maximum atomic E-state index is 11.1. The van der Waals surface area contributed by atoms with Crippen molar-refractivity contribution in [3.8, 4) is 0 Å². The maximum absolute atomic E-state index is 11.1. The normalized spacial score (nSPS) is 11.5. The molecule has 0 fully saturated rings. The molecule has 2 aromatic carbocycles. The first-order valence-corrected chi connectivity index (χ1v) is 7.26. The minimum Gasteiger partial charge on any atom is -0.478 e. The summed E-state index contributed by atoms with van der Waals surface area (Å²) >= 11 is 11.9. The van der Waals surface area contributed by atoms with Crippen LogP contribution < -0.4 is 0 Å². The van der Waals surface area contributed by atoms with E-state index >= 15 is 0 Å². The van der Waals surface area contributed by atoms with E-state index in [9.17, 15) is 4.79 Å². The van der Waals surface area contributed by atoms with Gasteiger partial charge in [-0.1, -0.05) is 60.5 Å². The first-order chi connectivity index (χ1) is 10.0. The molecule has 0 amide bonds. The molecule has 21 heavy (non-hydrogen) atoms. The van der Waals surface area contributed by atoms with Gasteiger partial charge in [0.25, 0.3) is 0 Å². The summed E-state index contributed by atoms with van der Waals surface area (Å²) in [5.41, 5.74) is 3.34. The van der Waals surface area contributed by atoms with Crippen LogP contribution in [0.25, 0.3) is 5.57 Å². The van der Waals surface area contributed by atoms with Gasteiger partial charge in [-0.2, -0.15) is 0 Å². The van der Waals surface area contributed by atoms with Crippen molar-refractivity contribution in [3.63, 3.8) is 0 Å². The van der Waals surface area contributed by atoms with Gasteiger partial charge in [-0.25, -0.2) is 4.79 Å². The molecule has 108 valence electrons. The quantitative estimate of drug-likeness (QED) is 0.798. The Balaban J connectivity index is 2.52. The van der Waals surface area contributed by atoms with Gasteiger partial charge in [0.2, 0.25) is 0 Å². The number of aryl methyl sites for hydroxylation is 1. The van der Waals surface area contributed by atoms with Crippen LogP contribution in [0.3, 0.4) is 0 Å². The predicted molar refractivity (Wildman–Crippen MR) is 87.0 cm³/mol. The third-order valence-corrected chi connectivity index (χ3v) is 3.91. The zero-order valence-electron chi connectivity index (χ0n) is 11.4. The SMILES string of the molecule is CCc1ccc(/C(=C\C(=O)O)c2ccc(Cl)c(Cl)c2)cc1. The number of hydrogen-bond donors (Lipinski definition) is 1. The summed E-state index contributed by atoms with van der Waals surface area (Å²) < 4.78 is 0. The van der Waals surface area contributed by atoms with Crippen LogP contribution in [0.4, 0.5) is 0 Å². The zero-order chi connectivity index (χ0) is 15.4. The van der Waals surface area contributed by atoms with Crippen molar-refractivity contribution in [1.82, 2.24) is 0 Å². The number of carbonyl (C=O) groups is 1. The van der Waals surface area contributed by atoms with Gasteiger partial charge in [0.15, 0.2) is 0 Å². The fraction of sp³-hybridized carbons (Fsp3) is 0.118. The van der Waals surface area contributed by atoms with Crippen molar-refractivity contribution in [2.75, 3.05) is 0 Å². The Bertz CT molecular complexity index is 688. The lowest BCUT2D eigenvalue weighted by Gasteiger charge is -2.10. The molecule has 2 nitrogen and oxygen atoms in total. The van der Waals surface area contributed by atoms with E-state index in [0.717, 1.165) is 17.5 Å². The predicted octanol–water partition coefficient (Wildman–Crippen LogP) is 5.07. The van der Waals surface area contributed by atoms with E-state index in [-0.39, 0.29) is 0 Å². The van der Waals surface area contributed by atoms with Gasteiger partial charge in [-0.15, -0.1) is 0 Å². The number of carboxylic acids is 1. The van der Waals surface area contributed by atoms with E-state index < -0.39 is 5.97 Å². The Morgan fingerprint density at radius 3 is 2.19 bits per heavy atom. The highest BCUT2D eigenvalue weighted by atomic mass is 35.5. The molecule has 0 heterocycles. The molecular formula is C17H14Cl2O2. The van der Waals surface area contributed by atoms with Gasteiger partial charge >= 0.3 is 5.97 Å². The Hall–Kier alpha value is -1.77. The minimum atomic E-state index is -1.00. The Kier molecular flexibility index (Phi) is 5.05. The summed E-state index contributed by atoms with van der Waals surface area (Å²) in [6.45, 7) is 2.07. The lowest BCUT2D eigenvalue weighted by Crippen LogP contribution is -1.95. The molecule has 0 spiro atoms. The summed E-state index contributed by atoms with van der Waals surface area (Å²) in [7, 11) is 0. The van der Waals surface area contributed by atoms with Gasteiger partial charge in [0.1, 0.15) is 0 Å². The molecule has 2 aromatic rings. The molecule has 0 saturated heterocycles. The van der Waals surface area contributed by atoms with Crippen LogP contribution in [0.2, 0.25) is 10.0 Å².